The van der Waals surface area contributed by atoms with Crippen molar-refractivity contribution < 1.29 is 9.59 Å². The second-order valence-corrected chi connectivity index (χ2v) is 8.20. The SMILES string of the molecule is C=C/C=C\C(=C)CCC=O.CNc1sc2c(c1C#N)CCN(C(=O)Cc1ccccn1)C2. The molecule has 0 unspecified atom stereocenters. The van der Waals surface area contributed by atoms with E-state index in [-0.39, 0.29) is 5.91 Å². The number of carbonyl (C=O) groups is 2. The number of amides is 1. The third kappa shape index (κ3) is 7.03. The van der Waals surface area contributed by atoms with Crippen molar-refractivity contribution in [3.05, 3.63) is 83.1 Å². The topological polar surface area (TPSA) is 86.1 Å². The van der Waals surface area contributed by atoms with Crippen LogP contribution in [0.25, 0.3) is 0 Å². The second-order valence-electron chi connectivity index (χ2n) is 7.09. The summed E-state index contributed by atoms with van der Waals surface area (Å²) in [5, 5.41) is 13.3. The summed E-state index contributed by atoms with van der Waals surface area (Å²) in [6.45, 7) is 8.50. The number of aromatic nitrogens is 1. The summed E-state index contributed by atoms with van der Waals surface area (Å²) >= 11 is 1.57. The van der Waals surface area contributed by atoms with Crippen LogP contribution in [0.3, 0.4) is 0 Å². The van der Waals surface area contributed by atoms with Gasteiger partial charge in [0.05, 0.1) is 18.5 Å². The van der Waals surface area contributed by atoms with Crippen LogP contribution in [0.15, 0.2) is 61.4 Å². The first kappa shape index (κ1) is 24.8. The maximum atomic E-state index is 12.4. The third-order valence-corrected chi connectivity index (χ3v) is 6.09. The Hall–Kier alpha value is -3.50. The molecule has 0 saturated heterocycles. The van der Waals surface area contributed by atoms with Gasteiger partial charge < -0.3 is 15.0 Å². The molecule has 0 spiro atoms. The Balaban J connectivity index is 0.000000309. The zero-order valence-corrected chi connectivity index (χ0v) is 19.2. The van der Waals surface area contributed by atoms with Crippen LogP contribution in [0.1, 0.15) is 34.5 Å². The number of pyridine rings is 1. The van der Waals surface area contributed by atoms with Crippen molar-refractivity contribution in [1.29, 1.82) is 5.26 Å². The summed E-state index contributed by atoms with van der Waals surface area (Å²) in [7, 11) is 1.82. The van der Waals surface area contributed by atoms with Crippen molar-refractivity contribution in [2.75, 3.05) is 18.9 Å². The van der Waals surface area contributed by atoms with Gasteiger partial charge in [0.2, 0.25) is 5.91 Å². The minimum absolute atomic E-state index is 0.0854. The summed E-state index contributed by atoms with van der Waals surface area (Å²) in [5.41, 5.74) is 3.59. The van der Waals surface area contributed by atoms with Crippen molar-refractivity contribution in [2.24, 2.45) is 0 Å². The standard InChI is InChI=1S/C16H16N4OS.C9H12O/c1-18-16-13(9-17)12-5-7-20(10-14(12)22-16)15(21)8-11-4-2-3-6-19-11;1-3-4-6-9(2)7-5-8-10/h2-4,6,18H,5,7-8,10H2,1H3;3-4,6,8H,1-2,5,7H2/b;6-4-. The number of anilines is 1. The molecule has 1 N–H and O–H groups in total. The number of nitrogens with one attached hydrogen (secondary N) is 1. The van der Waals surface area contributed by atoms with Gasteiger partial charge in [-0.15, -0.1) is 11.3 Å². The first-order valence-electron chi connectivity index (χ1n) is 10.3. The normalized spacial score (nSPS) is 12.2. The van der Waals surface area contributed by atoms with E-state index in [9.17, 15) is 14.9 Å². The van der Waals surface area contributed by atoms with Gasteiger partial charge >= 0.3 is 0 Å². The lowest BCUT2D eigenvalue weighted by Crippen LogP contribution is -2.36. The predicted molar refractivity (Wildman–Crippen MR) is 129 cm³/mol. The average molecular weight is 449 g/mol. The lowest BCUT2D eigenvalue weighted by Gasteiger charge is -2.27. The monoisotopic (exact) mass is 448 g/mol. The zero-order valence-electron chi connectivity index (χ0n) is 18.3. The van der Waals surface area contributed by atoms with Gasteiger partial charge in [-0.3, -0.25) is 9.78 Å². The van der Waals surface area contributed by atoms with Crippen molar-refractivity contribution in [3.8, 4) is 6.07 Å². The van der Waals surface area contributed by atoms with Crippen LogP contribution in [0.4, 0.5) is 5.00 Å². The molecule has 0 atom stereocenters. The van der Waals surface area contributed by atoms with Crippen LogP contribution >= 0.6 is 11.3 Å². The minimum Gasteiger partial charge on any atom is -0.379 e. The Morgan fingerprint density at radius 1 is 1.44 bits per heavy atom. The summed E-state index contributed by atoms with van der Waals surface area (Å²) in [5.74, 6) is 0.0854. The Labute approximate surface area is 193 Å². The summed E-state index contributed by atoms with van der Waals surface area (Å²) in [6.07, 6.45) is 10.3. The van der Waals surface area contributed by atoms with Crippen LogP contribution in [0, 0.1) is 11.3 Å². The molecular weight excluding hydrogens is 420 g/mol. The molecule has 32 heavy (non-hydrogen) atoms. The van der Waals surface area contributed by atoms with Gasteiger partial charge in [0.15, 0.2) is 0 Å². The number of thiophene rings is 1. The van der Waals surface area contributed by atoms with E-state index in [2.05, 4.69) is 29.5 Å². The molecular formula is C25H28N4O2S. The molecule has 0 aliphatic carbocycles. The van der Waals surface area contributed by atoms with E-state index in [0.29, 0.717) is 25.9 Å². The van der Waals surface area contributed by atoms with Gasteiger partial charge in [0, 0.05) is 36.8 Å². The highest BCUT2D eigenvalue weighted by atomic mass is 32.1. The average Bonchev–Trinajstić information content (AvgIpc) is 3.19. The van der Waals surface area contributed by atoms with Crippen LogP contribution in [0.2, 0.25) is 0 Å². The highest BCUT2D eigenvalue weighted by molar-refractivity contribution is 7.16. The number of allylic oxidation sites excluding steroid dienone is 4. The fraction of sp³-hybridized carbons (Fsp3) is 0.280. The molecule has 1 aliphatic rings. The maximum absolute atomic E-state index is 12.4. The number of hydrogen-bond acceptors (Lipinski definition) is 6. The Morgan fingerprint density at radius 3 is 2.88 bits per heavy atom. The number of rotatable bonds is 8. The van der Waals surface area contributed by atoms with Gasteiger partial charge in [-0.1, -0.05) is 43.0 Å². The smallest absolute Gasteiger partial charge is 0.228 e. The van der Waals surface area contributed by atoms with Gasteiger partial charge in [-0.2, -0.15) is 5.26 Å². The van der Waals surface area contributed by atoms with Crippen molar-refractivity contribution in [2.45, 2.75) is 32.2 Å². The van der Waals surface area contributed by atoms with Crippen molar-refractivity contribution >= 4 is 28.5 Å². The van der Waals surface area contributed by atoms with Gasteiger partial charge in [0.1, 0.15) is 17.4 Å². The Morgan fingerprint density at radius 2 is 2.25 bits per heavy atom. The first-order chi connectivity index (χ1) is 15.5. The van der Waals surface area contributed by atoms with Gasteiger partial charge in [-0.25, -0.2) is 0 Å². The van der Waals surface area contributed by atoms with Crippen molar-refractivity contribution in [3.63, 3.8) is 0 Å². The Kier molecular flexibility index (Phi) is 10.1. The highest BCUT2D eigenvalue weighted by Crippen LogP contribution is 2.36. The number of nitriles is 1. The molecule has 0 aromatic carbocycles. The van der Waals surface area contributed by atoms with E-state index >= 15 is 0 Å². The molecule has 1 aliphatic heterocycles. The van der Waals surface area contributed by atoms with E-state index in [0.717, 1.165) is 51.4 Å². The van der Waals surface area contributed by atoms with E-state index in [1.165, 1.54) is 0 Å². The molecule has 3 rings (SSSR count). The number of hydrogen-bond donors (Lipinski definition) is 1. The Bertz CT molecular complexity index is 1020. The number of fused-ring (bicyclic) bond motifs is 1. The molecule has 0 fully saturated rings. The molecule has 2 aromatic heterocycles. The van der Waals surface area contributed by atoms with Gasteiger partial charge in [0.25, 0.3) is 0 Å². The van der Waals surface area contributed by atoms with Crippen LogP contribution < -0.4 is 5.32 Å². The summed E-state index contributed by atoms with van der Waals surface area (Å²) in [4.78, 5) is 29.5. The molecule has 166 valence electrons. The molecule has 0 radical (unpaired) electrons. The van der Waals surface area contributed by atoms with Crippen LogP contribution in [0.5, 0.6) is 0 Å². The van der Waals surface area contributed by atoms with E-state index in [1.54, 1.807) is 23.6 Å². The number of nitrogens with zero attached hydrogens (tertiary/aromatic N) is 3. The minimum atomic E-state index is 0.0854. The summed E-state index contributed by atoms with van der Waals surface area (Å²) < 4.78 is 0. The fourth-order valence-electron chi connectivity index (χ4n) is 3.21. The van der Waals surface area contributed by atoms with Crippen LogP contribution in [-0.2, 0) is 29.0 Å². The molecule has 7 heteroatoms. The summed E-state index contributed by atoms with van der Waals surface area (Å²) in [6, 6.07) is 7.87. The van der Waals surface area contributed by atoms with E-state index < -0.39 is 0 Å². The first-order valence-corrected chi connectivity index (χ1v) is 11.2. The predicted octanol–water partition coefficient (Wildman–Crippen LogP) is 4.45. The highest BCUT2D eigenvalue weighted by Gasteiger charge is 2.26. The maximum Gasteiger partial charge on any atom is 0.228 e. The molecule has 0 bridgehead atoms. The lowest BCUT2D eigenvalue weighted by atomic mass is 10.0. The van der Waals surface area contributed by atoms with Crippen LogP contribution in [-0.4, -0.2) is 35.7 Å². The third-order valence-electron chi connectivity index (χ3n) is 4.86. The molecule has 2 aromatic rings. The molecule has 0 saturated carbocycles. The zero-order chi connectivity index (χ0) is 23.3. The lowest BCUT2D eigenvalue weighted by molar-refractivity contribution is -0.131. The number of carbonyl (C=O) groups excluding carboxylic acids is 2. The number of aldehydes is 1. The molecule has 3 heterocycles. The van der Waals surface area contributed by atoms with Crippen molar-refractivity contribution in [1.82, 2.24) is 9.88 Å². The molecule has 1 amide bonds. The largest absolute Gasteiger partial charge is 0.379 e. The fourth-order valence-corrected chi connectivity index (χ4v) is 4.38. The van der Waals surface area contributed by atoms with E-state index in [4.69, 9.17) is 0 Å². The molecule has 6 nitrogen and oxygen atoms in total. The van der Waals surface area contributed by atoms with Gasteiger partial charge in [-0.05, 0) is 30.5 Å². The quantitative estimate of drug-likeness (QED) is 0.476. The van der Waals surface area contributed by atoms with E-state index in [1.807, 2.05) is 42.3 Å². The second kappa shape index (κ2) is 13.0.